The van der Waals surface area contributed by atoms with Crippen LogP contribution in [0.15, 0.2) is 79.4 Å². The molecule has 0 atom stereocenters. The van der Waals surface area contributed by atoms with Crippen LogP contribution in [-0.2, 0) is 16.6 Å². The molecule has 3 amide bonds. The molecule has 0 saturated carbocycles. The van der Waals surface area contributed by atoms with Gasteiger partial charge in [-0.25, -0.2) is 4.68 Å². The van der Waals surface area contributed by atoms with E-state index >= 15 is 0 Å². The smallest absolute Gasteiger partial charge is 0.272 e. The first-order chi connectivity index (χ1) is 20.6. The Morgan fingerprint density at radius 2 is 1.60 bits per heavy atom. The molecule has 1 heterocycles. The zero-order valence-electron chi connectivity index (χ0n) is 24.1. The lowest BCUT2D eigenvalue weighted by Gasteiger charge is -2.08. The lowest BCUT2D eigenvalue weighted by atomic mass is 10.0. The van der Waals surface area contributed by atoms with Gasteiger partial charge in [-0.3, -0.25) is 24.5 Å². The number of hydrogen-bond acceptors (Lipinski definition) is 9. The van der Waals surface area contributed by atoms with E-state index in [1.807, 2.05) is 13.8 Å². The highest BCUT2D eigenvalue weighted by molar-refractivity contribution is 5.99. The molecule has 0 aliphatic rings. The van der Waals surface area contributed by atoms with Gasteiger partial charge in [0.1, 0.15) is 0 Å². The summed E-state index contributed by atoms with van der Waals surface area (Å²) in [5.41, 5.74) is 8.99. The number of nitrogens with one attached hydrogen (secondary N) is 4. The molecule has 14 nitrogen and oxygen atoms in total. The highest BCUT2D eigenvalue weighted by atomic mass is 16.6. The van der Waals surface area contributed by atoms with Crippen LogP contribution in [0.2, 0.25) is 0 Å². The van der Waals surface area contributed by atoms with Crippen LogP contribution in [0.1, 0.15) is 24.2 Å². The molecule has 0 unspecified atom stereocenters. The number of aryl methyl sites for hydroxylation is 1. The van der Waals surface area contributed by atoms with E-state index in [0.717, 1.165) is 11.8 Å². The lowest BCUT2D eigenvalue weighted by Crippen LogP contribution is -2.17. The third-order valence-corrected chi connectivity index (χ3v) is 5.45. The Bertz CT molecular complexity index is 1550. The second kappa shape index (κ2) is 16.3. The summed E-state index contributed by atoms with van der Waals surface area (Å²) < 4.78 is 1.47. The van der Waals surface area contributed by atoms with Gasteiger partial charge in [0.2, 0.25) is 24.2 Å². The quantitative estimate of drug-likeness (QED) is 0.0810. The maximum atomic E-state index is 11.4. The number of nitro groups is 1. The number of benzene rings is 3. The second-order valence-corrected chi connectivity index (χ2v) is 8.26. The van der Waals surface area contributed by atoms with E-state index < -0.39 is 10.8 Å². The molecule has 0 fully saturated rings. The van der Waals surface area contributed by atoms with Crippen molar-refractivity contribution in [3.8, 4) is 11.1 Å². The van der Waals surface area contributed by atoms with E-state index in [1.54, 1.807) is 68.7 Å². The molecule has 0 radical (unpaired) electrons. The third kappa shape index (κ3) is 9.82. The minimum absolute atomic E-state index is 0.123. The van der Waals surface area contributed by atoms with Crippen molar-refractivity contribution in [2.75, 3.05) is 28.7 Å². The van der Waals surface area contributed by atoms with Gasteiger partial charge in [0, 0.05) is 48.9 Å². The van der Waals surface area contributed by atoms with Crippen molar-refractivity contribution in [3.05, 3.63) is 95.1 Å². The average Bonchev–Trinajstić information content (AvgIpc) is 3.34. The normalized spacial score (nSPS) is 9.58. The van der Waals surface area contributed by atoms with Gasteiger partial charge in [-0.2, -0.15) is 4.98 Å². The summed E-state index contributed by atoms with van der Waals surface area (Å²) >= 11 is 0. The van der Waals surface area contributed by atoms with Crippen LogP contribution in [0.3, 0.4) is 0 Å². The summed E-state index contributed by atoms with van der Waals surface area (Å²) in [7, 11) is 3.30. The highest BCUT2D eigenvalue weighted by Gasteiger charge is 2.12. The SMILES string of the molecule is C=CC(=O)Nc1cc(-c2ccc(NC=O)cc2)cc([N+](=O)[O-])c1.CC.CNC(=O)c1ccc(Nc2nc(N)n(C)n2)cc1. The first kappa shape index (κ1) is 33.2. The summed E-state index contributed by atoms with van der Waals surface area (Å²) in [6.45, 7) is 7.34. The summed E-state index contributed by atoms with van der Waals surface area (Å²) in [5, 5.41) is 25.7. The topological polar surface area (TPSA) is 199 Å². The Kier molecular flexibility index (Phi) is 12.5. The Morgan fingerprint density at radius 1 is 0.977 bits per heavy atom. The molecule has 4 aromatic rings. The minimum atomic E-state index is -0.532. The van der Waals surface area contributed by atoms with E-state index in [0.29, 0.717) is 46.4 Å². The standard InChI is InChI=1S/C16H13N3O4.C11H14N6O.C2H6/c1-2-16(21)18-14-7-12(8-15(9-14)19(22)23)11-3-5-13(6-4-11)17-10-20;1-13-9(18)7-3-5-8(6-4-7)14-11-15-10(12)17(2)16-11;1-2/h2-10H,1H2,(H,17,20)(H,18,21);3-6H,1-2H3,(H,13,18)(H3,12,14,15,16);1-2H3. The number of anilines is 5. The van der Waals surface area contributed by atoms with Gasteiger partial charge >= 0.3 is 0 Å². The van der Waals surface area contributed by atoms with Crippen molar-refractivity contribution in [2.24, 2.45) is 7.05 Å². The van der Waals surface area contributed by atoms with Gasteiger partial charge in [0.15, 0.2) is 0 Å². The average molecular weight is 588 g/mol. The van der Waals surface area contributed by atoms with E-state index in [2.05, 4.69) is 37.9 Å². The molecule has 1 aromatic heterocycles. The maximum absolute atomic E-state index is 11.4. The summed E-state index contributed by atoms with van der Waals surface area (Å²) in [6.07, 6.45) is 1.64. The molecular weight excluding hydrogens is 554 g/mol. The minimum Gasteiger partial charge on any atom is -0.368 e. The molecule has 3 aromatic carbocycles. The van der Waals surface area contributed by atoms with Gasteiger partial charge in [-0.15, -0.1) is 5.10 Å². The highest BCUT2D eigenvalue weighted by Crippen LogP contribution is 2.29. The molecule has 6 N–H and O–H groups in total. The number of amides is 3. The van der Waals surface area contributed by atoms with Crippen LogP contribution in [0, 0.1) is 10.1 Å². The Morgan fingerprint density at radius 3 is 2.12 bits per heavy atom. The van der Waals surface area contributed by atoms with Crippen LogP contribution >= 0.6 is 0 Å². The number of nitrogen functional groups attached to an aromatic ring is 1. The Hall–Kier alpha value is -6.05. The zero-order chi connectivity index (χ0) is 31.9. The number of carbonyl (C=O) groups excluding carboxylic acids is 3. The number of rotatable bonds is 9. The largest absolute Gasteiger partial charge is 0.368 e. The fourth-order valence-electron chi connectivity index (χ4n) is 3.40. The van der Waals surface area contributed by atoms with E-state index in [1.165, 1.54) is 16.8 Å². The fraction of sp³-hybridized carbons (Fsp3) is 0.138. The number of nitrogens with zero attached hydrogens (tertiary/aromatic N) is 4. The van der Waals surface area contributed by atoms with Crippen molar-refractivity contribution < 1.29 is 19.3 Å². The monoisotopic (exact) mass is 587 g/mol. The number of aromatic nitrogens is 3. The van der Waals surface area contributed by atoms with E-state index in [-0.39, 0.29) is 11.6 Å². The van der Waals surface area contributed by atoms with Crippen LogP contribution < -0.4 is 27.0 Å². The molecular formula is C29H33N9O5. The molecule has 0 bridgehead atoms. The fourth-order valence-corrected chi connectivity index (χ4v) is 3.40. The first-order valence-corrected chi connectivity index (χ1v) is 12.9. The molecule has 4 rings (SSSR count). The summed E-state index contributed by atoms with van der Waals surface area (Å²) in [4.78, 5) is 47.7. The summed E-state index contributed by atoms with van der Waals surface area (Å²) in [6, 6.07) is 18.0. The zero-order valence-corrected chi connectivity index (χ0v) is 24.1. The van der Waals surface area contributed by atoms with Gasteiger partial charge in [0.25, 0.3) is 11.6 Å². The van der Waals surface area contributed by atoms with Crippen LogP contribution in [-0.4, -0.2) is 45.0 Å². The molecule has 14 heteroatoms. The number of carbonyl (C=O) groups is 3. The second-order valence-electron chi connectivity index (χ2n) is 8.26. The predicted octanol–water partition coefficient (Wildman–Crippen LogP) is 4.48. The van der Waals surface area contributed by atoms with E-state index in [4.69, 9.17) is 5.73 Å². The molecule has 0 aliphatic heterocycles. The Labute approximate surface area is 248 Å². The van der Waals surface area contributed by atoms with Crippen molar-refractivity contribution in [1.82, 2.24) is 20.1 Å². The first-order valence-electron chi connectivity index (χ1n) is 12.9. The van der Waals surface area contributed by atoms with Gasteiger partial charge in [0.05, 0.1) is 4.92 Å². The Balaban J connectivity index is 0.000000291. The van der Waals surface area contributed by atoms with Crippen molar-refractivity contribution in [3.63, 3.8) is 0 Å². The molecule has 0 saturated heterocycles. The van der Waals surface area contributed by atoms with Crippen LogP contribution in [0.25, 0.3) is 11.1 Å². The number of non-ortho nitro benzene ring substituents is 1. The maximum Gasteiger partial charge on any atom is 0.272 e. The molecule has 43 heavy (non-hydrogen) atoms. The predicted molar refractivity (Wildman–Crippen MR) is 167 cm³/mol. The van der Waals surface area contributed by atoms with Crippen molar-refractivity contribution in [2.45, 2.75) is 13.8 Å². The number of nitrogens with two attached hydrogens (primary N) is 1. The van der Waals surface area contributed by atoms with Gasteiger partial charge in [-0.1, -0.05) is 32.6 Å². The van der Waals surface area contributed by atoms with Crippen LogP contribution in [0.4, 0.5) is 34.6 Å². The van der Waals surface area contributed by atoms with Crippen LogP contribution in [0.5, 0.6) is 0 Å². The molecule has 0 spiro atoms. The summed E-state index contributed by atoms with van der Waals surface area (Å²) in [5.74, 6) is 0.172. The lowest BCUT2D eigenvalue weighted by molar-refractivity contribution is -0.384. The van der Waals surface area contributed by atoms with Gasteiger partial charge < -0.3 is 27.0 Å². The third-order valence-electron chi connectivity index (χ3n) is 5.45. The number of hydrogen-bond donors (Lipinski definition) is 5. The van der Waals surface area contributed by atoms with Crippen molar-refractivity contribution >= 4 is 52.9 Å². The number of nitro benzene ring substituents is 1. The van der Waals surface area contributed by atoms with E-state index in [9.17, 15) is 24.5 Å². The van der Waals surface area contributed by atoms with Gasteiger partial charge in [-0.05, 0) is 59.7 Å². The molecule has 0 aliphatic carbocycles. The van der Waals surface area contributed by atoms with Crippen molar-refractivity contribution in [1.29, 1.82) is 0 Å². The molecule has 224 valence electrons.